The molecule has 1 atom stereocenters. The predicted octanol–water partition coefficient (Wildman–Crippen LogP) is 0.985. The van der Waals surface area contributed by atoms with Gasteiger partial charge in [0, 0.05) is 50.7 Å². The fraction of sp³-hybridized carbons (Fsp3) is 0.667. The van der Waals surface area contributed by atoms with E-state index in [1.54, 1.807) is 12.4 Å². The first-order valence-electron chi connectivity index (χ1n) is 10.5. The highest BCUT2D eigenvalue weighted by Crippen LogP contribution is 2.29. The lowest BCUT2D eigenvalue weighted by Gasteiger charge is -2.45. The zero-order valence-electron chi connectivity index (χ0n) is 16.4. The molecular weight excluding hydrogens is 356 g/mol. The Morgan fingerprint density at radius 2 is 2.04 bits per heavy atom. The van der Waals surface area contributed by atoms with Gasteiger partial charge in [0.2, 0.25) is 11.8 Å². The fourth-order valence-electron chi connectivity index (χ4n) is 4.41. The largest absolute Gasteiger partial charge is 0.365 e. The maximum atomic E-state index is 12.4. The van der Waals surface area contributed by atoms with E-state index < -0.39 is 0 Å². The second kappa shape index (κ2) is 9.01. The van der Waals surface area contributed by atoms with Gasteiger partial charge in [0.05, 0.1) is 12.5 Å². The van der Waals surface area contributed by atoms with E-state index in [2.05, 4.69) is 15.2 Å². The van der Waals surface area contributed by atoms with Crippen LogP contribution in [0.4, 0.5) is 0 Å². The number of morpholine rings is 1. The number of hydrogen-bond donors (Lipinski definition) is 1. The van der Waals surface area contributed by atoms with E-state index in [1.165, 1.54) is 19.3 Å². The number of rotatable bonds is 6. The smallest absolute Gasteiger partial charge is 0.248 e. The summed E-state index contributed by atoms with van der Waals surface area (Å²) in [4.78, 5) is 33.2. The fourth-order valence-corrected chi connectivity index (χ4v) is 4.41. The van der Waals surface area contributed by atoms with Crippen molar-refractivity contribution < 1.29 is 14.3 Å². The van der Waals surface area contributed by atoms with Gasteiger partial charge in [0.15, 0.2) is 0 Å². The van der Waals surface area contributed by atoms with Crippen molar-refractivity contribution in [2.45, 2.75) is 56.7 Å². The minimum atomic E-state index is -0.139. The van der Waals surface area contributed by atoms with E-state index >= 15 is 0 Å². The number of pyridine rings is 1. The lowest BCUT2D eigenvalue weighted by atomic mass is 9.89. The van der Waals surface area contributed by atoms with Crippen LogP contribution in [0.2, 0.25) is 0 Å². The molecule has 2 saturated heterocycles. The van der Waals surface area contributed by atoms with Crippen LogP contribution in [0.3, 0.4) is 0 Å². The quantitative estimate of drug-likeness (QED) is 0.789. The van der Waals surface area contributed by atoms with E-state index in [4.69, 9.17) is 4.74 Å². The number of likely N-dealkylation sites (tertiary alicyclic amines) is 1. The highest BCUT2D eigenvalue weighted by atomic mass is 16.5. The van der Waals surface area contributed by atoms with Crippen molar-refractivity contribution >= 4 is 11.8 Å². The lowest BCUT2D eigenvalue weighted by molar-refractivity contribution is -0.153. The van der Waals surface area contributed by atoms with Crippen molar-refractivity contribution in [2.75, 3.05) is 32.8 Å². The molecule has 1 unspecified atom stereocenters. The Balaban J connectivity index is 1.23. The van der Waals surface area contributed by atoms with Gasteiger partial charge in [0.1, 0.15) is 6.61 Å². The highest BCUT2D eigenvalue weighted by molar-refractivity contribution is 5.79. The Labute approximate surface area is 166 Å². The molecule has 0 aromatic carbocycles. The molecule has 0 radical (unpaired) electrons. The van der Waals surface area contributed by atoms with Crippen molar-refractivity contribution in [1.29, 1.82) is 0 Å². The van der Waals surface area contributed by atoms with E-state index in [1.807, 2.05) is 17.0 Å². The SMILES string of the molecule is O=C(Cc1cccnc1)NCC1CN(C2CCN(C3CCC3)CC2)C(=O)CO1. The molecule has 3 fully saturated rings. The summed E-state index contributed by atoms with van der Waals surface area (Å²) >= 11 is 0. The summed E-state index contributed by atoms with van der Waals surface area (Å²) in [6, 6.07) is 4.80. The molecule has 4 rings (SSSR count). The summed E-state index contributed by atoms with van der Waals surface area (Å²) < 4.78 is 5.67. The summed E-state index contributed by atoms with van der Waals surface area (Å²) in [5.74, 6) is 0.0360. The Morgan fingerprint density at radius 1 is 1.21 bits per heavy atom. The van der Waals surface area contributed by atoms with Crippen LogP contribution in [0, 0.1) is 0 Å². The number of aromatic nitrogens is 1. The molecule has 2 amide bonds. The third-order valence-electron chi connectivity index (χ3n) is 6.31. The van der Waals surface area contributed by atoms with Crippen molar-refractivity contribution in [1.82, 2.24) is 20.1 Å². The van der Waals surface area contributed by atoms with E-state index in [0.29, 0.717) is 25.6 Å². The van der Waals surface area contributed by atoms with Gasteiger partial charge in [-0.2, -0.15) is 0 Å². The summed E-state index contributed by atoms with van der Waals surface area (Å²) in [6.07, 6.45) is 9.69. The molecule has 1 N–H and O–H groups in total. The van der Waals surface area contributed by atoms with Crippen molar-refractivity contribution in [3.05, 3.63) is 30.1 Å². The van der Waals surface area contributed by atoms with E-state index in [9.17, 15) is 9.59 Å². The Bertz CT molecular complexity index is 671. The highest BCUT2D eigenvalue weighted by Gasteiger charge is 2.35. The summed E-state index contributed by atoms with van der Waals surface area (Å²) in [5, 5.41) is 2.94. The van der Waals surface area contributed by atoms with Crippen molar-refractivity contribution in [3.8, 4) is 0 Å². The number of hydrogen-bond acceptors (Lipinski definition) is 5. The first-order valence-corrected chi connectivity index (χ1v) is 10.5. The molecule has 7 heteroatoms. The minimum Gasteiger partial charge on any atom is -0.365 e. The van der Waals surface area contributed by atoms with Crippen LogP contribution in [-0.2, 0) is 20.7 Å². The number of ether oxygens (including phenoxy) is 1. The van der Waals surface area contributed by atoms with Gasteiger partial charge in [-0.3, -0.25) is 14.6 Å². The lowest BCUT2D eigenvalue weighted by Crippen LogP contribution is -2.57. The molecule has 3 aliphatic rings. The summed E-state index contributed by atoms with van der Waals surface area (Å²) in [5.41, 5.74) is 0.889. The monoisotopic (exact) mass is 386 g/mol. The van der Waals surface area contributed by atoms with Crippen LogP contribution >= 0.6 is 0 Å². The van der Waals surface area contributed by atoms with Crippen LogP contribution < -0.4 is 5.32 Å². The number of nitrogens with zero attached hydrogens (tertiary/aromatic N) is 3. The number of carbonyl (C=O) groups excluding carboxylic acids is 2. The molecule has 0 spiro atoms. The summed E-state index contributed by atoms with van der Waals surface area (Å²) in [7, 11) is 0. The van der Waals surface area contributed by atoms with E-state index in [0.717, 1.165) is 37.5 Å². The third-order valence-corrected chi connectivity index (χ3v) is 6.31. The number of amides is 2. The zero-order valence-corrected chi connectivity index (χ0v) is 16.4. The topological polar surface area (TPSA) is 74.8 Å². The number of carbonyl (C=O) groups is 2. The molecule has 7 nitrogen and oxygen atoms in total. The molecule has 0 bridgehead atoms. The molecule has 1 aliphatic carbocycles. The second-order valence-electron chi connectivity index (χ2n) is 8.17. The minimum absolute atomic E-state index is 0.0474. The van der Waals surface area contributed by atoms with Gasteiger partial charge >= 0.3 is 0 Å². The van der Waals surface area contributed by atoms with Gasteiger partial charge in [0.25, 0.3) is 0 Å². The number of nitrogens with one attached hydrogen (secondary N) is 1. The molecule has 3 heterocycles. The Kier molecular flexibility index (Phi) is 6.22. The zero-order chi connectivity index (χ0) is 19.3. The number of piperidine rings is 1. The van der Waals surface area contributed by atoms with Crippen LogP contribution in [0.25, 0.3) is 0 Å². The Hall–Kier alpha value is -1.99. The average Bonchev–Trinajstić information content (AvgIpc) is 2.67. The van der Waals surface area contributed by atoms with Gasteiger partial charge in [-0.25, -0.2) is 0 Å². The molecular formula is C21H30N4O3. The standard InChI is InChI=1S/C21H30N4O3/c26-20(11-16-3-2-8-22-12-16)23-13-19-14-25(21(27)15-28-19)18-6-9-24(10-7-18)17-4-1-5-17/h2-3,8,12,17-19H,1,4-7,9-11,13-15H2,(H,23,26). The third kappa shape index (κ3) is 4.70. The first-order chi connectivity index (χ1) is 13.7. The molecule has 2 aliphatic heterocycles. The van der Waals surface area contributed by atoms with Crippen LogP contribution in [-0.4, -0.2) is 77.6 Å². The van der Waals surface area contributed by atoms with Gasteiger partial charge in [-0.05, 0) is 37.3 Å². The van der Waals surface area contributed by atoms with Gasteiger partial charge in [-0.1, -0.05) is 12.5 Å². The van der Waals surface area contributed by atoms with Crippen LogP contribution in [0.1, 0.15) is 37.7 Å². The van der Waals surface area contributed by atoms with Crippen LogP contribution in [0.5, 0.6) is 0 Å². The maximum Gasteiger partial charge on any atom is 0.248 e. The first kappa shape index (κ1) is 19.3. The normalized spacial score (nSPS) is 24.8. The van der Waals surface area contributed by atoms with E-state index in [-0.39, 0.29) is 24.5 Å². The Morgan fingerprint density at radius 3 is 2.71 bits per heavy atom. The van der Waals surface area contributed by atoms with Crippen molar-refractivity contribution in [3.63, 3.8) is 0 Å². The molecule has 1 aromatic heterocycles. The second-order valence-corrected chi connectivity index (χ2v) is 8.17. The van der Waals surface area contributed by atoms with Gasteiger partial charge < -0.3 is 19.9 Å². The average molecular weight is 386 g/mol. The predicted molar refractivity (Wildman–Crippen MR) is 105 cm³/mol. The summed E-state index contributed by atoms with van der Waals surface area (Å²) in [6.45, 7) is 3.30. The maximum absolute atomic E-state index is 12.4. The molecule has 1 saturated carbocycles. The van der Waals surface area contributed by atoms with Crippen molar-refractivity contribution in [2.24, 2.45) is 0 Å². The molecule has 1 aromatic rings. The molecule has 152 valence electrons. The van der Waals surface area contributed by atoms with Crippen LogP contribution in [0.15, 0.2) is 24.5 Å². The molecule has 28 heavy (non-hydrogen) atoms. The van der Waals surface area contributed by atoms with Gasteiger partial charge in [-0.15, -0.1) is 0 Å².